The number of nitrogens with one attached hydrogen (secondary N) is 1. The molecule has 1 aromatic heterocycles. The van der Waals surface area contributed by atoms with Gasteiger partial charge in [0.2, 0.25) is 0 Å². The average molecular weight is 284 g/mol. The first kappa shape index (κ1) is 14.6. The summed E-state index contributed by atoms with van der Waals surface area (Å²) in [5.74, 6) is 0.458. The van der Waals surface area contributed by atoms with E-state index >= 15 is 0 Å². The Morgan fingerprint density at radius 3 is 2.43 bits per heavy atom. The van der Waals surface area contributed by atoms with Gasteiger partial charge in [-0.3, -0.25) is 15.5 Å². The van der Waals surface area contributed by atoms with Crippen molar-refractivity contribution < 1.29 is 4.92 Å². The molecule has 0 radical (unpaired) electrons. The van der Waals surface area contributed by atoms with E-state index < -0.39 is 4.92 Å². The van der Waals surface area contributed by atoms with Crippen molar-refractivity contribution >= 4 is 17.7 Å². The third-order valence-corrected chi connectivity index (χ3v) is 3.07. The lowest BCUT2D eigenvalue weighted by molar-refractivity contribution is -0.385. The molecule has 1 N–H and O–H groups in total. The van der Waals surface area contributed by atoms with E-state index in [1.807, 2.05) is 13.8 Å². The lowest BCUT2D eigenvalue weighted by Crippen LogP contribution is -1.98. The topological polar surface area (TPSA) is 80.4 Å². The number of rotatable bonds is 4. The third kappa shape index (κ3) is 3.62. The van der Waals surface area contributed by atoms with Crippen LogP contribution >= 0.6 is 0 Å². The lowest BCUT2D eigenvalue weighted by atomic mass is 10.0. The largest absolute Gasteiger partial charge is 0.287 e. The van der Waals surface area contributed by atoms with Crippen LogP contribution in [0.15, 0.2) is 35.6 Å². The highest BCUT2D eigenvalue weighted by Gasteiger charge is 2.04. The van der Waals surface area contributed by atoms with E-state index in [1.54, 1.807) is 6.21 Å². The predicted molar refractivity (Wildman–Crippen MR) is 82.8 cm³/mol. The second-order valence-electron chi connectivity index (χ2n) is 4.84. The maximum atomic E-state index is 10.5. The Morgan fingerprint density at radius 2 is 1.90 bits per heavy atom. The standard InChI is InChI=1S/C15H16N4O2/c1-10-6-11(2)14(12(3)7-10)9-17-18-15-5-4-13(8-16-15)19(20)21/h4-9H,1-3H3,(H,16,18)/b17-9+. The lowest BCUT2D eigenvalue weighted by Gasteiger charge is -2.06. The van der Waals surface area contributed by atoms with Crippen molar-refractivity contribution in [1.82, 2.24) is 4.98 Å². The summed E-state index contributed by atoms with van der Waals surface area (Å²) in [5.41, 5.74) is 7.28. The molecule has 0 aliphatic carbocycles. The number of nitro groups is 1. The SMILES string of the molecule is Cc1cc(C)c(/C=N/Nc2ccc([N+](=O)[O-])cn2)c(C)c1. The Morgan fingerprint density at radius 1 is 1.24 bits per heavy atom. The summed E-state index contributed by atoms with van der Waals surface area (Å²) >= 11 is 0. The van der Waals surface area contributed by atoms with Crippen LogP contribution in [0.1, 0.15) is 22.3 Å². The highest BCUT2D eigenvalue weighted by Crippen LogP contribution is 2.15. The van der Waals surface area contributed by atoms with Gasteiger partial charge in [0.05, 0.1) is 11.1 Å². The first-order valence-electron chi connectivity index (χ1n) is 6.45. The zero-order valence-electron chi connectivity index (χ0n) is 12.1. The van der Waals surface area contributed by atoms with Crippen molar-refractivity contribution in [2.45, 2.75) is 20.8 Å². The number of hydrogen-bond acceptors (Lipinski definition) is 5. The van der Waals surface area contributed by atoms with E-state index in [-0.39, 0.29) is 5.69 Å². The first-order valence-corrected chi connectivity index (χ1v) is 6.45. The molecular weight excluding hydrogens is 268 g/mol. The summed E-state index contributed by atoms with van der Waals surface area (Å²) in [6.45, 7) is 6.12. The van der Waals surface area contributed by atoms with Crippen LogP contribution in [0.25, 0.3) is 0 Å². The number of hydrogen-bond donors (Lipinski definition) is 1. The average Bonchev–Trinajstić information content (AvgIpc) is 2.42. The third-order valence-electron chi connectivity index (χ3n) is 3.07. The molecule has 6 nitrogen and oxygen atoms in total. The van der Waals surface area contributed by atoms with Gasteiger partial charge in [0.1, 0.15) is 12.0 Å². The van der Waals surface area contributed by atoms with E-state index in [0.29, 0.717) is 5.82 Å². The molecule has 0 saturated heterocycles. The zero-order valence-corrected chi connectivity index (χ0v) is 12.1. The molecule has 0 fully saturated rings. The van der Waals surface area contributed by atoms with Gasteiger partial charge in [-0.05, 0) is 38.0 Å². The molecule has 21 heavy (non-hydrogen) atoms. The molecular formula is C15H16N4O2. The van der Waals surface area contributed by atoms with E-state index in [2.05, 4.69) is 34.6 Å². The minimum Gasteiger partial charge on any atom is -0.261 e. The Kier molecular flexibility index (Phi) is 4.27. The minimum absolute atomic E-state index is 0.0465. The van der Waals surface area contributed by atoms with Crippen molar-refractivity contribution in [3.8, 4) is 0 Å². The molecule has 1 heterocycles. The summed E-state index contributed by atoms with van der Waals surface area (Å²) in [4.78, 5) is 14.0. The van der Waals surface area contributed by atoms with E-state index in [4.69, 9.17) is 0 Å². The van der Waals surface area contributed by atoms with Crippen molar-refractivity contribution in [2.75, 3.05) is 5.43 Å². The van der Waals surface area contributed by atoms with Crippen molar-refractivity contribution in [2.24, 2.45) is 5.10 Å². The summed E-state index contributed by atoms with van der Waals surface area (Å²) < 4.78 is 0. The summed E-state index contributed by atoms with van der Waals surface area (Å²) in [6.07, 6.45) is 2.92. The monoisotopic (exact) mass is 284 g/mol. The first-order chi connectivity index (χ1) is 9.97. The summed E-state index contributed by atoms with van der Waals surface area (Å²) in [5, 5.41) is 14.7. The van der Waals surface area contributed by atoms with Crippen molar-refractivity contribution in [3.05, 3.63) is 62.8 Å². The Hall–Kier alpha value is -2.76. The van der Waals surface area contributed by atoms with Crippen LogP contribution in [0.4, 0.5) is 11.5 Å². The van der Waals surface area contributed by atoms with Gasteiger partial charge < -0.3 is 0 Å². The maximum Gasteiger partial charge on any atom is 0.287 e. The van der Waals surface area contributed by atoms with Gasteiger partial charge in [-0.25, -0.2) is 4.98 Å². The van der Waals surface area contributed by atoms with Crippen molar-refractivity contribution in [1.29, 1.82) is 0 Å². The molecule has 0 aliphatic heterocycles. The molecule has 0 bridgehead atoms. The molecule has 108 valence electrons. The van der Waals surface area contributed by atoms with Gasteiger partial charge >= 0.3 is 0 Å². The summed E-state index contributed by atoms with van der Waals surface area (Å²) in [6, 6.07) is 7.09. The molecule has 2 rings (SSSR count). The van der Waals surface area contributed by atoms with Crippen LogP contribution in [0.2, 0.25) is 0 Å². The number of benzene rings is 1. The van der Waals surface area contributed by atoms with E-state index in [1.165, 1.54) is 23.9 Å². The fourth-order valence-electron chi connectivity index (χ4n) is 2.12. The number of aromatic nitrogens is 1. The molecule has 0 spiro atoms. The second-order valence-corrected chi connectivity index (χ2v) is 4.84. The van der Waals surface area contributed by atoms with Crippen LogP contribution in [0, 0.1) is 30.9 Å². The van der Waals surface area contributed by atoms with Crippen LogP contribution in [0.3, 0.4) is 0 Å². The smallest absolute Gasteiger partial charge is 0.261 e. The van der Waals surface area contributed by atoms with E-state index in [0.717, 1.165) is 16.7 Å². The van der Waals surface area contributed by atoms with Gasteiger partial charge in [-0.2, -0.15) is 5.10 Å². The number of pyridine rings is 1. The van der Waals surface area contributed by atoms with Gasteiger partial charge in [0, 0.05) is 11.6 Å². The van der Waals surface area contributed by atoms with Gasteiger partial charge in [0.15, 0.2) is 0 Å². The molecule has 0 saturated carbocycles. The molecule has 0 atom stereocenters. The van der Waals surface area contributed by atoms with E-state index in [9.17, 15) is 10.1 Å². The normalized spacial score (nSPS) is 10.8. The quantitative estimate of drug-likeness (QED) is 0.530. The van der Waals surface area contributed by atoms with Crippen molar-refractivity contribution in [3.63, 3.8) is 0 Å². The highest BCUT2D eigenvalue weighted by atomic mass is 16.6. The maximum absolute atomic E-state index is 10.5. The van der Waals surface area contributed by atoms with Gasteiger partial charge in [0.25, 0.3) is 5.69 Å². The predicted octanol–water partition coefficient (Wildman–Crippen LogP) is 3.36. The zero-order chi connectivity index (χ0) is 15.4. The molecule has 0 aliphatic rings. The number of anilines is 1. The second kappa shape index (κ2) is 6.13. The molecule has 1 aromatic carbocycles. The summed E-state index contributed by atoms with van der Waals surface area (Å²) in [7, 11) is 0. The van der Waals surface area contributed by atoms with Crippen LogP contribution in [-0.4, -0.2) is 16.1 Å². The molecule has 0 unspecified atom stereocenters. The fourth-order valence-corrected chi connectivity index (χ4v) is 2.12. The number of hydrazone groups is 1. The molecule has 0 amide bonds. The van der Waals surface area contributed by atoms with Gasteiger partial charge in [-0.1, -0.05) is 17.7 Å². The fraction of sp³-hybridized carbons (Fsp3) is 0.200. The molecule has 6 heteroatoms. The Labute approximate surface area is 122 Å². The Balaban J connectivity index is 2.11. The van der Waals surface area contributed by atoms with Gasteiger partial charge in [-0.15, -0.1) is 0 Å². The van der Waals surface area contributed by atoms with Crippen LogP contribution in [0.5, 0.6) is 0 Å². The Bertz CT molecular complexity index is 670. The number of nitrogens with zero attached hydrogens (tertiary/aromatic N) is 3. The van der Waals surface area contributed by atoms with Crippen LogP contribution < -0.4 is 5.43 Å². The minimum atomic E-state index is -0.487. The molecule has 2 aromatic rings. The number of aryl methyl sites for hydroxylation is 3. The highest BCUT2D eigenvalue weighted by molar-refractivity contribution is 5.84. The van der Waals surface area contributed by atoms with Crippen LogP contribution in [-0.2, 0) is 0 Å².